The molecule has 0 spiro atoms. The molecule has 0 bridgehead atoms. The molecule has 1 amide bonds. The number of anilines is 1. The minimum Gasteiger partial charge on any atom is -0.480 e. The van der Waals surface area contributed by atoms with E-state index in [1.165, 1.54) is 5.56 Å². The molecule has 1 fully saturated rings. The van der Waals surface area contributed by atoms with Crippen LogP contribution in [0.5, 0.6) is 0 Å². The van der Waals surface area contributed by atoms with E-state index in [-0.39, 0.29) is 30.9 Å². The van der Waals surface area contributed by atoms with E-state index in [0.717, 1.165) is 37.2 Å². The number of likely N-dealkylation sites (tertiary alicyclic amines) is 1. The maximum absolute atomic E-state index is 12.2. The van der Waals surface area contributed by atoms with Gasteiger partial charge in [0.25, 0.3) is 0 Å². The number of carboxylic acid groups (broad SMARTS) is 1. The van der Waals surface area contributed by atoms with Crippen LogP contribution >= 0.6 is 12.4 Å². The van der Waals surface area contributed by atoms with E-state index in [4.69, 9.17) is 5.11 Å². The van der Waals surface area contributed by atoms with E-state index < -0.39 is 5.97 Å². The van der Waals surface area contributed by atoms with Crippen LogP contribution < -0.4 is 5.32 Å². The summed E-state index contributed by atoms with van der Waals surface area (Å²) in [5.74, 6) is -0.803. The third-order valence-corrected chi connectivity index (χ3v) is 4.72. The van der Waals surface area contributed by atoms with Crippen molar-refractivity contribution in [2.75, 3.05) is 38.5 Å². The van der Waals surface area contributed by atoms with Gasteiger partial charge in [-0.2, -0.15) is 0 Å². The Kier molecular flexibility index (Phi) is 8.35. The van der Waals surface area contributed by atoms with Crippen LogP contribution in [0.25, 0.3) is 0 Å². The molecule has 140 valence electrons. The predicted octanol–water partition coefficient (Wildman–Crippen LogP) is 2.14. The Morgan fingerprint density at radius 1 is 1.24 bits per heavy atom. The van der Waals surface area contributed by atoms with E-state index in [1.54, 1.807) is 0 Å². The summed E-state index contributed by atoms with van der Waals surface area (Å²) in [6.07, 6.45) is 1.78. The molecule has 0 aliphatic carbocycles. The maximum Gasteiger partial charge on any atom is 0.317 e. The van der Waals surface area contributed by atoms with Gasteiger partial charge in [0.05, 0.1) is 13.1 Å². The van der Waals surface area contributed by atoms with Crippen LogP contribution in [0.15, 0.2) is 18.2 Å². The number of hydrogen-bond acceptors (Lipinski definition) is 4. The highest BCUT2D eigenvalue weighted by Crippen LogP contribution is 2.16. The van der Waals surface area contributed by atoms with Crippen molar-refractivity contribution in [3.8, 4) is 0 Å². The summed E-state index contributed by atoms with van der Waals surface area (Å²) >= 11 is 0. The van der Waals surface area contributed by atoms with E-state index in [9.17, 15) is 9.59 Å². The van der Waals surface area contributed by atoms with E-state index >= 15 is 0 Å². The highest BCUT2D eigenvalue weighted by atomic mass is 35.5. The van der Waals surface area contributed by atoms with Gasteiger partial charge in [-0.1, -0.05) is 6.07 Å². The molecule has 25 heavy (non-hydrogen) atoms. The molecule has 1 saturated heterocycles. The smallest absolute Gasteiger partial charge is 0.317 e. The molecule has 1 aromatic rings. The number of amides is 1. The summed E-state index contributed by atoms with van der Waals surface area (Å²) in [6, 6.07) is 6.20. The zero-order chi connectivity index (χ0) is 17.7. The summed E-state index contributed by atoms with van der Waals surface area (Å²) in [7, 11) is 1.85. The Hall–Kier alpha value is -1.63. The SMILES string of the molecule is Cc1ccc(NC(=O)CN2CCC(N(C)CC(=O)O)CC2)cc1C.Cl. The van der Waals surface area contributed by atoms with Gasteiger partial charge in [0.1, 0.15) is 0 Å². The van der Waals surface area contributed by atoms with Gasteiger partial charge in [-0.05, 0) is 57.0 Å². The molecule has 0 atom stereocenters. The van der Waals surface area contributed by atoms with Gasteiger partial charge in [-0.3, -0.25) is 19.4 Å². The Morgan fingerprint density at radius 2 is 1.88 bits per heavy atom. The van der Waals surface area contributed by atoms with Gasteiger partial charge in [0.15, 0.2) is 0 Å². The second kappa shape index (κ2) is 9.75. The minimum atomic E-state index is -0.798. The predicted molar refractivity (Wildman–Crippen MR) is 102 cm³/mol. The van der Waals surface area contributed by atoms with E-state index in [2.05, 4.69) is 10.2 Å². The van der Waals surface area contributed by atoms with Gasteiger partial charge in [0.2, 0.25) is 5.91 Å². The van der Waals surface area contributed by atoms with E-state index in [0.29, 0.717) is 6.54 Å². The van der Waals surface area contributed by atoms with Crippen LogP contribution in [0, 0.1) is 13.8 Å². The number of likely N-dealkylation sites (N-methyl/N-ethyl adjacent to an activating group) is 1. The molecule has 1 aliphatic heterocycles. The number of nitrogens with zero attached hydrogens (tertiary/aromatic N) is 2. The van der Waals surface area contributed by atoms with Crippen molar-refractivity contribution >= 4 is 30.0 Å². The number of hydrogen-bond donors (Lipinski definition) is 2. The van der Waals surface area contributed by atoms with Gasteiger partial charge < -0.3 is 10.4 Å². The third-order valence-electron chi connectivity index (χ3n) is 4.72. The maximum atomic E-state index is 12.2. The molecule has 7 heteroatoms. The molecular formula is C18H28ClN3O3. The lowest BCUT2D eigenvalue weighted by Gasteiger charge is -2.35. The van der Waals surface area contributed by atoms with Gasteiger partial charge in [-0.25, -0.2) is 0 Å². The molecule has 0 aromatic heterocycles. The number of rotatable bonds is 6. The molecule has 1 heterocycles. The summed E-state index contributed by atoms with van der Waals surface area (Å²) in [6.45, 7) is 6.15. The van der Waals surface area contributed by atoms with Crippen LogP contribution in [-0.4, -0.2) is 66.1 Å². The molecule has 1 aliphatic rings. The molecule has 0 radical (unpaired) electrons. The highest BCUT2D eigenvalue weighted by molar-refractivity contribution is 5.92. The molecule has 0 unspecified atom stereocenters. The van der Waals surface area contributed by atoms with Crippen molar-refractivity contribution in [2.45, 2.75) is 32.7 Å². The molecule has 6 nitrogen and oxygen atoms in total. The number of carbonyl (C=O) groups excluding carboxylic acids is 1. The average molecular weight is 370 g/mol. The molecule has 2 N–H and O–H groups in total. The fraction of sp³-hybridized carbons (Fsp3) is 0.556. The topological polar surface area (TPSA) is 72.9 Å². The molecular weight excluding hydrogens is 342 g/mol. The highest BCUT2D eigenvalue weighted by Gasteiger charge is 2.24. The van der Waals surface area contributed by atoms with Crippen LogP contribution in [0.3, 0.4) is 0 Å². The van der Waals surface area contributed by atoms with Crippen molar-refractivity contribution < 1.29 is 14.7 Å². The van der Waals surface area contributed by atoms with Crippen LogP contribution in [0.4, 0.5) is 5.69 Å². The monoisotopic (exact) mass is 369 g/mol. The van der Waals surface area contributed by atoms with Crippen LogP contribution in [0.1, 0.15) is 24.0 Å². The lowest BCUT2D eigenvalue weighted by Crippen LogP contribution is -2.46. The van der Waals surface area contributed by atoms with Crippen molar-refractivity contribution in [2.24, 2.45) is 0 Å². The van der Waals surface area contributed by atoms with Gasteiger partial charge in [-0.15, -0.1) is 12.4 Å². The number of carboxylic acids is 1. The molecule has 0 saturated carbocycles. The summed E-state index contributed by atoms with van der Waals surface area (Å²) < 4.78 is 0. The first kappa shape index (κ1) is 21.4. The third kappa shape index (κ3) is 6.65. The minimum absolute atomic E-state index is 0. The number of aryl methyl sites for hydroxylation is 2. The van der Waals surface area contributed by atoms with Crippen molar-refractivity contribution in [1.82, 2.24) is 9.80 Å². The second-order valence-corrected chi connectivity index (χ2v) is 6.66. The fourth-order valence-corrected chi connectivity index (χ4v) is 3.08. The van der Waals surface area contributed by atoms with Crippen molar-refractivity contribution in [1.29, 1.82) is 0 Å². The number of nitrogens with one attached hydrogen (secondary N) is 1. The molecule has 1 aromatic carbocycles. The number of benzene rings is 1. The number of aliphatic carboxylic acids is 1. The zero-order valence-electron chi connectivity index (χ0n) is 15.1. The summed E-state index contributed by atoms with van der Waals surface area (Å²) in [4.78, 5) is 27.0. The molecule has 2 rings (SSSR count). The quantitative estimate of drug-likeness (QED) is 0.803. The summed E-state index contributed by atoms with van der Waals surface area (Å²) in [5.41, 5.74) is 3.20. The van der Waals surface area contributed by atoms with Crippen LogP contribution in [-0.2, 0) is 9.59 Å². The standard InChI is InChI=1S/C18H27N3O3.ClH/c1-13-4-5-15(10-14(13)2)19-17(22)11-21-8-6-16(7-9-21)20(3)12-18(23)24;/h4-5,10,16H,6-9,11-12H2,1-3H3,(H,19,22)(H,23,24);1H. The average Bonchev–Trinajstić information content (AvgIpc) is 2.51. The number of halogens is 1. The largest absolute Gasteiger partial charge is 0.480 e. The summed E-state index contributed by atoms with van der Waals surface area (Å²) in [5, 5.41) is 11.8. The first-order chi connectivity index (χ1) is 11.3. The Balaban J connectivity index is 0.00000312. The van der Waals surface area contributed by atoms with Crippen molar-refractivity contribution in [3.63, 3.8) is 0 Å². The lowest BCUT2D eigenvalue weighted by molar-refractivity contribution is -0.138. The number of carbonyl (C=O) groups is 2. The number of piperidine rings is 1. The second-order valence-electron chi connectivity index (χ2n) is 6.66. The van der Waals surface area contributed by atoms with Gasteiger partial charge in [0, 0.05) is 24.8 Å². The van der Waals surface area contributed by atoms with Gasteiger partial charge >= 0.3 is 5.97 Å². The van der Waals surface area contributed by atoms with Crippen molar-refractivity contribution in [3.05, 3.63) is 29.3 Å². The lowest BCUT2D eigenvalue weighted by atomic mass is 10.0. The van der Waals surface area contributed by atoms with E-state index in [1.807, 2.05) is 44.0 Å². The first-order valence-corrected chi connectivity index (χ1v) is 8.36. The fourth-order valence-electron chi connectivity index (χ4n) is 3.08. The normalized spacial score (nSPS) is 15.7. The first-order valence-electron chi connectivity index (χ1n) is 8.36. The zero-order valence-corrected chi connectivity index (χ0v) is 15.9. The Bertz CT molecular complexity index is 601. The Labute approximate surface area is 155 Å². The van der Waals surface area contributed by atoms with Crippen LogP contribution in [0.2, 0.25) is 0 Å². The Morgan fingerprint density at radius 3 is 2.44 bits per heavy atom.